The number of aliphatic hydroxyl groups is 2. The van der Waals surface area contributed by atoms with Crippen molar-refractivity contribution in [2.45, 2.75) is 145 Å². The van der Waals surface area contributed by atoms with Crippen molar-refractivity contribution in [2.75, 3.05) is 0 Å². The third kappa shape index (κ3) is 5.94. The van der Waals surface area contributed by atoms with Gasteiger partial charge in [-0.1, -0.05) is 45.9 Å². The molecule has 0 saturated heterocycles. The van der Waals surface area contributed by atoms with Crippen molar-refractivity contribution in [2.24, 2.45) is 52.3 Å². The second-order valence-electron chi connectivity index (χ2n) is 17.3. The summed E-state index contributed by atoms with van der Waals surface area (Å²) >= 11 is 0. The summed E-state index contributed by atoms with van der Waals surface area (Å²) in [5.41, 5.74) is -3.42. The minimum absolute atomic E-state index is 0.0313. The maximum absolute atomic E-state index is 14.4. The Labute approximate surface area is 268 Å². The highest BCUT2D eigenvalue weighted by Gasteiger charge is 2.62. The second-order valence-corrected chi connectivity index (χ2v) is 19.5. The maximum Gasteiger partial charge on any atom is 0.417 e. The topological polar surface area (TPSA) is 74.6 Å². The molecule has 45 heavy (non-hydrogen) atoms. The monoisotopic (exact) mass is 652 g/mol. The van der Waals surface area contributed by atoms with Crippen LogP contribution in [0.2, 0.25) is 0 Å². The minimum atomic E-state index is -4.58. The first-order valence-electron chi connectivity index (χ1n) is 17.7. The first-order chi connectivity index (χ1) is 20.9. The molecule has 2 N–H and O–H groups in total. The lowest BCUT2D eigenvalue weighted by Crippen LogP contribution is -2.55. The molecule has 0 radical (unpaired) electrons. The van der Waals surface area contributed by atoms with Crippen molar-refractivity contribution in [1.29, 1.82) is 0 Å². The normalized spacial score (nSPS) is 40.9. The van der Waals surface area contributed by atoms with E-state index in [1.165, 1.54) is 0 Å². The molecule has 254 valence electrons. The molecule has 0 spiro atoms. The molecule has 0 heterocycles. The van der Waals surface area contributed by atoms with Crippen molar-refractivity contribution in [3.63, 3.8) is 0 Å². The Morgan fingerprint density at radius 1 is 0.822 bits per heavy atom. The van der Waals surface area contributed by atoms with Crippen LogP contribution >= 0.6 is 0 Å². The van der Waals surface area contributed by atoms with Crippen molar-refractivity contribution in [3.8, 4) is 0 Å². The van der Waals surface area contributed by atoms with Gasteiger partial charge in [-0.25, -0.2) is 8.42 Å². The zero-order chi connectivity index (χ0) is 32.6. The number of benzene rings is 1. The van der Waals surface area contributed by atoms with Crippen molar-refractivity contribution < 1.29 is 31.8 Å². The highest BCUT2D eigenvalue weighted by molar-refractivity contribution is 7.92. The highest BCUT2D eigenvalue weighted by atomic mass is 32.2. The largest absolute Gasteiger partial charge is 0.417 e. The van der Waals surface area contributed by atoms with E-state index in [0.717, 1.165) is 51.4 Å². The van der Waals surface area contributed by atoms with Crippen LogP contribution in [0.4, 0.5) is 13.2 Å². The van der Waals surface area contributed by atoms with E-state index in [2.05, 4.69) is 27.7 Å². The Morgan fingerprint density at radius 2 is 1.47 bits per heavy atom. The quantitative estimate of drug-likeness (QED) is 0.322. The predicted molar refractivity (Wildman–Crippen MR) is 170 cm³/mol. The van der Waals surface area contributed by atoms with E-state index in [0.29, 0.717) is 41.9 Å². The van der Waals surface area contributed by atoms with Gasteiger partial charge in [-0.2, -0.15) is 13.2 Å². The summed E-state index contributed by atoms with van der Waals surface area (Å²) in [6.45, 7) is 8.95. The molecule has 1 aromatic carbocycles. The SMILES string of the molecule is C[C@H](C(CC1(O)CCC(C)(C)CC1)S(=O)(=O)c1ccccc1)[C@H]1CC[C@H]2[C@@H]3CC[C@H]4C[C@](O)(C(F)(F)F)CC[C@@H]4[C@H]3CC[C@]12C. The van der Waals surface area contributed by atoms with E-state index in [9.17, 15) is 31.8 Å². The second kappa shape index (κ2) is 11.5. The van der Waals surface area contributed by atoms with Gasteiger partial charge >= 0.3 is 6.18 Å². The fourth-order valence-corrected chi connectivity index (χ4v) is 13.8. The van der Waals surface area contributed by atoms with Crippen LogP contribution in [0.25, 0.3) is 0 Å². The number of sulfone groups is 1. The summed E-state index contributed by atoms with van der Waals surface area (Å²) in [5, 5.41) is 21.7. The summed E-state index contributed by atoms with van der Waals surface area (Å²) in [7, 11) is -3.71. The van der Waals surface area contributed by atoms with Crippen LogP contribution in [0.5, 0.6) is 0 Å². The van der Waals surface area contributed by atoms with Gasteiger partial charge in [0.1, 0.15) is 0 Å². The van der Waals surface area contributed by atoms with Crippen LogP contribution in [0, 0.1) is 52.3 Å². The van der Waals surface area contributed by atoms with Crippen LogP contribution < -0.4 is 0 Å². The van der Waals surface area contributed by atoms with Gasteiger partial charge in [-0.3, -0.25) is 0 Å². The van der Waals surface area contributed by atoms with E-state index >= 15 is 0 Å². The number of fused-ring (bicyclic) bond motifs is 5. The zero-order valence-electron chi connectivity index (χ0n) is 27.7. The van der Waals surface area contributed by atoms with Gasteiger partial charge < -0.3 is 10.2 Å². The molecule has 0 aromatic heterocycles. The first kappa shape index (κ1) is 33.8. The molecule has 4 nitrogen and oxygen atoms in total. The van der Waals surface area contributed by atoms with E-state index < -0.39 is 32.5 Å². The van der Waals surface area contributed by atoms with Crippen LogP contribution in [0.15, 0.2) is 35.2 Å². The molecule has 0 aliphatic heterocycles. The third-order valence-electron chi connectivity index (χ3n) is 14.4. The van der Waals surface area contributed by atoms with Crippen LogP contribution in [0.3, 0.4) is 0 Å². The highest BCUT2D eigenvalue weighted by Crippen LogP contribution is 2.67. The molecule has 5 aliphatic carbocycles. The molecule has 5 saturated carbocycles. The van der Waals surface area contributed by atoms with Crippen molar-refractivity contribution >= 4 is 9.84 Å². The molecule has 8 heteroatoms. The predicted octanol–water partition coefficient (Wildman–Crippen LogP) is 8.75. The average molecular weight is 653 g/mol. The van der Waals surface area contributed by atoms with Gasteiger partial charge in [0.15, 0.2) is 15.4 Å². The lowest BCUT2D eigenvalue weighted by molar-refractivity contribution is -0.282. The molecule has 0 amide bonds. The van der Waals surface area contributed by atoms with Crippen LogP contribution in [-0.2, 0) is 9.84 Å². The van der Waals surface area contributed by atoms with E-state index in [-0.39, 0.29) is 53.8 Å². The van der Waals surface area contributed by atoms with Gasteiger partial charge in [0, 0.05) is 0 Å². The molecule has 10 atom stereocenters. The Balaban J connectivity index is 1.24. The van der Waals surface area contributed by atoms with Gasteiger partial charge in [-0.15, -0.1) is 0 Å². The number of alkyl halides is 3. The summed E-state index contributed by atoms with van der Waals surface area (Å²) in [6.07, 6.45) is 4.35. The number of hydrogen-bond donors (Lipinski definition) is 2. The fourth-order valence-electron chi connectivity index (χ4n) is 11.6. The number of hydrogen-bond acceptors (Lipinski definition) is 4. The van der Waals surface area contributed by atoms with Gasteiger partial charge in [-0.05, 0) is 154 Å². The van der Waals surface area contributed by atoms with Crippen molar-refractivity contribution in [3.05, 3.63) is 30.3 Å². The van der Waals surface area contributed by atoms with Gasteiger partial charge in [0.25, 0.3) is 0 Å². The molecule has 1 aromatic rings. The van der Waals surface area contributed by atoms with E-state index in [1.807, 2.05) is 6.07 Å². The van der Waals surface area contributed by atoms with Crippen LogP contribution in [-0.4, -0.2) is 41.3 Å². The van der Waals surface area contributed by atoms with E-state index in [1.54, 1.807) is 24.3 Å². The molecule has 0 bridgehead atoms. The fraction of sp³-hybridized carbons (Fsp3) is 0.838. The Bertz CT molecular complexity index is 1320. The van der Waals surface area contributed by atoms with Crippen molar-refractivity contribution in [1.82, 2.24) is 0 Å². The number of halogens is 3. The smallest absolute Gasteiger partial charge is 0.390 e. The summed E-state index contributed by atoms with van der Waals surface area (Å²) in [5.74, 6) is 1.52. The lowest BCUT2D eigenvalue weighted by atomic mass is 9.48. The van der Waals surface area contributed by atoms with E-state index in [4.69, 9.17) is 0 Å². The summed E-state index contributed by atoms with van der Waals surface area (Å²) in [4.78, 5) is 0.333. The summed E-state index contributed by atoms with van der Waals surface area (Å²) < 4.78 is 70.0. The molecule has 5 fully saturated rings. The maximum atomic E-state index is 14.4. The molecule has 1 unspecified atom stereocenters. The first-order valence-corrected chi connectivity index (χ1v) is 19.2. The minimum Gasteiger partial charge on any atom is -0.390 e. The summed E-state index contributed by atoms with van der Waals surface area (Å²) in [6, 6.07) is 8.77. The molecule has 5 aliphatic rings. The third-order valence-corrected chi connectivity index (χ3v) is 16.7. The Morgan fingerprint density at radius 3 is 2.11 bits per heavy atom. The number of rotatable bonds is 6. The molecular formula is C37H55F3O4S. The standard InChI is InChI=1S/C37H55F3O4S/c1-24(32(45(43,44)26-8-6-5-7-9-26)23-35(41)20-18-33(2,3)19-21-35)30-12-13-31-29-11-10-25-22-36(42,37(38,39)40)17-15-27(25)28(29)14-16-34(30,31)4/h5-9,24-25,27-32,41-42H,10-23H2,1-4H3/t24-,25-,27-,28+,29+,30+,31-,32?,34+,36-/m0/s1. The zero-order valence-corrected chi connectivity index (χ0v) is 28.5. The average Bonchev–Trinajstić information content (AvgIpc) is 3.34. The van der Waals surface area contributed by atoms with Gasteiger partial charge in [0.2, 0.25) is 0 Å². The lowest BCUT2D eigenvalue weighted by Gasteiger charge is -2.58. The van der Waals surface area contributed by atoms with Crippen LogP contribution in [0.1, 0.15) is 118 Å². The Kier molecular flexibility index (Phi) is 8.63. The molecule has 6 rings (SSSR count). The molecular weight excluding hydrogens is 597 g/mol. The van der Waals surface area contributed by atoms with Gasteiger partial charge in [0.05, 0.1) is 15.7 Å². The Hall–Kier alpha value is -1.12.